The van der Waals surface area contributed by atoms with Crippen LogP contribution in [0.15, 0.2) is 5.18 Å². The Morgan fingerprint density at radius 3 is 2.76 bits per heavy atom. The van der Waals surface area contributed by atoms with E-state index >= 15 is 0 Å². The highest BCUT2D eigenvalue weighted by molar-refractivity contribution is 8.26. The van der Waals surface area contributed by atoms with Crippen molar-refractivity contribution in [2.24, 2.45) is 11.1 Å². The predicted molar refractivity (Wildman–Crippen MR) is 68.6 cm³/mol. The molecule has 0 spiro atoms. The molecule has 0 heterocycles. The molecule has 0 aromatic rings. The molecule has 0 saturated heterocycles. The maximum Gasteiger partial charge on any atom is 0.207 e. The first-order valence-corrected chi connectivity index (χ1v) is 6.24. The maximum absolute atomic E-state index is 10.2. The van der Waals surface area contributed by atoms with E-state index in [2.05, 4.69) is 10.5 Å². The summed E-state index contributed by atoms with van der Waals surface area (Å²) in [4.78, 5) is 20.4. The SMILES string of the molecule is C[C@@H](N=O)C(=N)SC(=N)CC1CC(NC=O)C1. The summed E-state index contributed by atoms with van der Waals surface area (Å²) in [6.45, 7) is 1.54. The van der Waals surface area contributed by atoms with E-state index in [-0.39, 0.29) is 11.1 Å². The molecule has 7 heteroatoms. The molecule has 0 aromatic heterocycles. The Balaban J connectivity index is 2.21. The van der Waals surface area contributed by atoms with E-state index in [0.717, 1.165) is 24.6 Å². The zero-order valence-electron chi connectivity index (χ0n) is 9.60. The van der Waals surface area contributed by atoms with E-state index in [1.807, 2.05) is 0 Å². The molecular formula is C10H16N4O2S. The lowest BCUT2D eigenvalue weighted by Gasteiger charge is -2.34. The number of rotatable bonds is 6. The lowest BCUT2D eigenvalue weighted by Crippen LogP contribution is -2.41. The first kappa shape index (κ1) is 13.8. The highest BCUT2D eigenvalue weighted by Gasteiger charge is 2.29. The van der Waals surface area contributed by atoms with Crippen LogP contribution in [0.2, 0.25) is 0 Å². The minimum Gasteiger partial charge on any atom is -0.356 e. The largest absolute Gasteiger partial charge is 0.356 e. The molecule has 1 atom stereocenters. The van der Waals surface area contributed by atoms with Crippen LogP contribution in [-0.4, -0.2) is 28.6 Å². The van der Waals surface area contributed by atoms with Gasteiger partial charge in [-0.25, -0.2) is 0 Å². The molecule has 3 N–H and O–H groups in total. The molecule has 0 unspecified atom stereocenters. The lowest BCUT2D eigenvalue weighted by molar-refractivity contribution is -0.110. The quantitative estimate of drug-likeness (QED) is 0.291. The van der Waals surface area contributed by atoms with Gasteiger partial charge in [0.1, 0.15) is 6.04 Å². The van der Waals surface area contributed by atoms with Crippen LogP contribution >= 0.6 is 11.8 Å². The molecule has 1 amide bonds. The Hall–Kier alpha value is -1.24. The van der Waals surface area contributed by atoms with Crippen LogP contribution in [0, 0.1) is 21.6 Å². The summed E-state index contributed by atoms with van der Waals surface area (Å²) in [5, 5.41) is 21.2. The second kappa shape index (κ2) is 6.48. The first-order valence-electron chi connectivity index (χ1n) is 5.42. The second-order valence-electron chi connectivity index (χ2n) is 4.19. The summed E-state index contributed by atoms with van der Waals surface area (Å²) in [7, 11) is 0. The van der Waals surface area contributed by atoms with E-state index in [4.69, 9.17) is 10.8 Å². The Morgan fingerprint density at radius 2 is 2.24 bits per heavy atom. The maximum atomic E-state index is 10.2. The van der Waals surface area contributed by atoms with Crippen LogP contribution in [0.5, 0.6) is 0 Å². The smallest absolute Gasteiger partial charge is 0.207 e. The summed E-state index contributed by atoms with van der Waals surface area (Å²) in [5.74, 6) is 0.403. The van der Waals surface area contributed by atoms with E-state index in [1.165, 1.54) is 0 Å². The van der Waals surface area contributed by atoms with Crippen molar-refractivity contribution in [3.8, 4) is 0 Å². The number of nitroso groups, excluding NO2 is 1. The van der Waals surface area contributed by atoms with Gasteiger partial charge in [0.25, 0.3) is 0 Å². The Labute approximate surface area is 104 Å². The van der Waals surface area contributed by atoms with Crippen LogP contribution in [0.4, 0.5) is 0 Å². The molecule has 94 valence electrons. The molecule has 6 nitrogen and oxygen atoms in total. The molecule has 1 aliphatic carbocycles. The summed E-state index contributed by atoms with van der Waals surface area (Å²) in [6.07, 6.45) is 3.08. The standard InChI is InChI=1S/C10H16N4O2S/c1-6(14-16)10(12)17-9(11)4-7-2-8(3-7)13-5-15/h5-8,11-12H,2-4H2,1H3,(H,13,15)/t6-,7?,8?/m1/s1. The van der Waals surface area contributed by atoms with Gasteiger partial charge in [-0.2, -0.15) is 4.91 Å². The van der Waals surface area contributed by atoms with Crippen molar-refractivity contribution in [2.75, 3.05) is 0 Å². The number of amides is 1. The van der Waals surface area contributed by atoms with Crippen molar-refractivity contribution >= 4 is 28.3 Å². The van der Waals surface area contributed by atoms with Crippen LogP contribution < -0.4 is 5.32 Å². The number of carbonyl (C=O) groups is 1. The Kier molecular flexibility index (Phi) is 5.27. The molecule has 0 bridgehead atoms. The zero-order valence-corrected chi connectivity index (χ0v) is 10.4. The van der Waals surface area contributed by atoms with Crippen molar-refractivity contribution in [1.29, 1.82) is 10.8 Å². The highest BCUT2D eigenvalue weighted by Crippen LogP contribution is 2.32. The van der Waals surface area contributed by atoms with E-state index in [1.54, 1.807) is 6.92 Å². The minimum absolute atomic E-state index is 0.117. The fourth-order valence-corrected chi connectivity index (χ4v) is 2.50. The average molecular weight is 256 g/mol. The summed E-state index contributed by atoms with van der Waals surface area (Å²) in [5.41, 5.74) is 0. The number of nitrogens with one attached hydrogen (secondary N) is 3. The van der Waals surface area contributed by atoms with Gasteiger partial charge in [0.2, 0.25) is 6.41 Å². The number of nitrogens with zero attached hydrogens (tertiary/aromatic N) is 1. The van der Waals surface area contributed by atoms with Crippen molar-refractivity contribution in [3.05, 3.63) is 4.91 Å². The van der Waals surface area contributed by atoms with Gasteiger partial charge in [-0.15, -0.1) is 0 Å². The molecule has 0 radical (unpaired) electrons. The Morgan fingerprint density at radius 1 is 1.59 bits per heavy atom. The van der Waals surface area contributed by atoms with Gasteiger partial charge in [-0.05, 0) is 32.1 Å². The molecule has 1 aliphatic rings. The van der Waals surface area contributed by atoms with Crippen LogP contribution in [0.25, 0.3) is 0 Å². The van der Waals surface area contributed by atoms with E-state index in [9.17, 15) is 9.70 Å². The third-order valence-electron chi connectivity index (χ3n) is 2.78. The van der Waals surface area contributed by atoms with Gasteiger partial charge in [0.05, 0.1) is 10.1 Å². The topological polar surface area (TPSA) is 106 Å². The number of hydrogen-bond donors (Lipinski definition) is 3. The molecule has 0 aromatic carbocycles. The Bertz CT molecular complexity index is 328. The van der Waals surface area contributed by atoms with Gasteiger partial charge in [-0.1, -0.05) is 16.9 Å². The number of hydrogen-bond acceptors (Lipinski definition) is 6. The summed E-state index contributed by atoms with van der Waals surface area (Å²) >= 11 is 1.01. The molecule has 1 saturated carbocycles. The average Bonchev–Trinajstić information content (AvgIpc) is 2.25. The van der Waals surface area contributed by atoms with Gasteiger partial charge >= 0.3 is 0 Å². The molecule has 1 fully saturated rings. The van der Waals surface area contributed by atoms with Gasteiger partial charge in [-0.3, -0.25) is 15.6 Å². The summed E-state index contributed by atoms with van der Waals surface area (Å²) < 4.78 is 0. The van der Waals surface area contributed by atoms with Crippen molar-refractivity contribution < 1.29 is 4.79 Å². The first-order chi connectivity index (χ1) is 8.06. The normalized spacial score (nSPS) is 24.3. The fourth-order valence-electron chi connectivity index (χ4n) is 1.70. The molecule has 1 rings (SSSR count). The molecule has 17 heavy (non-hydrogen) atoms. The van der Waals surface area contributed by atoms with E-state index in [0.29, 0.717) is 23.8 Å². The third kappa shape index (κ3) is 4.26. The molecule has 0 aliphatic heterocycles. The van der Waals surface area contributed by atoms with E-state index < -0.39 is 6.04 Å². The lowest BCUT2D eigenvalue weighted by atomic mass is 9.78. The monoisotopic (exact) mass is 256 g/mol. The number of thioether (sulfide) groups is 1. The summed E-state index contributed by atoms with van der Waals surface area (Å²) in [6, 6.07) is -0.434. The van der Waals surface area contributed by atoms with Crippen LogP contribution in [-0.2, 0) is 4.79 Å². The third-order valence-corrected chi connectivity index (χ3v) is 3.76. The highest BCUT2D eigenvalue weighted by atomic mass is 32.2. The number of carbonyl (C=O) groups excluding carboxylic acids is 1. The van der Waals surface area contributed by atoms with Crippen LogP contribution in [0.3, 0.4) is 0 Å². The molecular weight excluding hydrogens is 240 g/mol. The van der Waals surface area contributed by atoms with Gasteiger partial charge in [0.15, 0.2) is 0 Å². The second-order valence-corrected chi connectivity index (χ2v) is 5.33. The fraction of sp³-hybridized carbons (Fsp3) is 0.700. The van der Waals surface area contributed by atoms with Crippen molar-refractivity contribution in [2.45, 2.75) is 38.3 Å². The van der Waals surface area contributed by atoms with Gasteiger partial charge < -0.3 is 5.32 Å². The minimum atomic E-state index is -0.675. The zero-order chi connectivity index (χ0) is 12.8. The predicted octanol–water partition coefficient (Wildman–Crippen LogP) is 1.74. The van der Waals surface area contributed by atoms with Crippen LogP contribution in [0.1, 0.15) is 26.2 Å². The van der Waals surface area contributed by atoms with Crippen molar-refractivity contribution in [3.63, 3.8) is 0 Å². The van der Waals surface area contributed by atoms with Gasteiger partial charge in [0, 0.05) is 6.04 Å². The van der Waals surface area contributed by atoms with Crippen molar-refractivity contribution in [1.82, 2.24) is 5.32 Å².